The number of nitrogens with one attached hydrogen (secondary N) is 1. The third-order valence-corrected chi connectivity index (χ3v) is 2.89. The van der Waals surface area contributed by atoms with Crippen LogP contribution >= 0.6 is 0 Å². The van der Waals surface area contributed by atoms with Crippen molar-refractivity contribution in [3.8, 4) is 16.9 Å². The van der Waals surface area contributed by atoms with Gasteiger partial charge in [-0.3, -0.25) is 4.79 Å². The first-order valence-corrected chi connectivity index (χ1v) is 6.61. The first-order valence-electron chi connectivity index (χ1n) is 6.61. The van der Waals surface area contributed by atoms with E-state index in [1.807, 2.05) is 30.3 Å². The van der Waals surface area contributed by atoms with Crippen molar-refractivity contribution in [1.82, 2.24) is 0 Å². The van der Waals surface area contributed by atoms with Gasteiger partial charge in [0.25, 0.3) is 0 Å². The highest BCUT2D eigenvalue weighted by molar-refractivity contribution is 5.99. The molecule has 0 fully saturated rings. The molecule has 2 rings (SSSR count). The molecule has 1 amide bonds. The molecule has 2 aromatic rings. The van der Waals surface area contributed by atoms with Gasteiger partial charge in [-0.2, -0.15) is 0 Å². The van der Waals surface area contributed by atoms with E-state index in [9.17, 15) is 9.59 Å². The van der Waals surface area contributed by atoms with Gasteiger partial charge in [-0.05, 0) is 29.8 Å². The van der Waals surface area contributed by atoms with Crippen molar-refractivity contribution in [3.05, 3.63) is 73.8 Å². The second kappa shape index (κ2) is 7.04. The number of hydrogen-bond donors (Lipinski definition) is 1. The molecule has 0 atom stereocenters. The molecule has 0 unspecified atom stereocenters. The topological polar surface area (TPSA) is 55.4 Å². The fraction of sp³-hybridized carbons (Fsp3) is 0. The van der Waals surface area contributed by atoms with Crippen molar-refractivity contribution >= 4 is 17.6 Å². The van der Waals surface area contributed by atoms with Crippen LogP contribution in [0.1, 0.15) is 0 Å². The smallest absolute Gasteiger partial charge is 0.335 e. The van der Waals surface area contributed by atoms with Gasteiger partial charge in [-0.25, -0.2) is 4.79 Å². The zero-order valence-electron chi connectivity index (χ0n) is 11.9. The van der Waals surface area contributed by atoms with Crippen molar-refractivity contribution < 1.29 is 14.3 Å². The average Bonchev–Trinajstić information content (AvgIpc) is 2.56. The molecule has 0 spiro atoms. The first kappa shape index (κ1) is 15.3. The summed E-state index contributed by atoms with van der Waals surface area (Å²) in [6.07, 6.45) is 2.29. The van der Waals surface area contributed by atoms with Gasteiger partial charge in [0.05, 0.1) is 0 Å². The predicted molar refractivity (Wildman–Crippen MR) is 86.5 cm³/mol. The lowest BCUT2D eigenvalue weighted by molar-refractivity contribution is -0.128. The van der Waals surface area contributed by atoms with Gasteiger partial charge in [0.2, 0.25) is 5.91 Å². The van der Waals surface area contributed by atoms with Crippen LogP contribution in [0.5, 0.6) is 5.75 Å². The van der Waals surface area contributed by atoms with Gasteiger partial charge in [0.1, 0.15) is 5.75 Å². The van der Waals surface area contributed by atoms with Gasteiger partial charge < -0.3 is 10.1 Å². The Kier molecular flexibility index (Phi) is 4.88. The zero-order valence-corrected chi connectivity index (χ0v) is 11.9. The number of rotatable bonds is 5. The van der Waals surface area contributed by atoms with Crippen LogP contribution in [0.15, 0.2) is 73.8 Å². The van der Waals surface area contributed by atoms with Crippen LogP contribution in [-0.2, 0) is 9.59 Å². The van der Waals surface area contributed by atoms with E-state index >= 15 is 0 Å². The quantitative estimate of drug-likeness (QED) is 0.521. The van der Waals surface area contributed by atoms with Crippen molar-refractivity contribution in [3.63, 3.8) is 0 Å². The van der Waals surface area contributed by atoms with Gasteiger partial charge >= 0.3 is 5.97 Å². The molecule has 0 heterocycles. The third kappa shape index (κ3) is 3.70. The minimum atomic E-state index is -0.542. The summed E-state index contributed by atoms with van der Waals surface area (Å²) >= 11 is 0. The summed E-state index contributed by atoms with van der Waals surface area (Å²) < 4.78 is 5.25. The summed E-state index contributed by atoms with van der Waals surface area (Å²) in [5.74, 6) is -0.456. The van der Waals surface area contributed by atoms with Gasteiger partial charge in [0.15, 0.2) is 0 Å². The van der Waals surface area contributed by atoms with E-state index in [4.69, 9.17) is 4.74 Å². The van der Waals surface area contributed by atoms with E-state index in [2.05, 4.69) is 18.5 Å². The van der Waals surface area contributed by atoms with Crippen LogP contribution in [0.3, 0.4) is 0 Å². The molecule has 22 heavy (non-hydrogen) atoms. The van der Waals surface area contributed by atoms with Gasteiger partial charge in [-0.1, -0.05) is 43.5 Å². The number of anilines is 1. The Hall–Kier alpha value is -3.14. The lowest BCUT2D eigenvalue weighted by Gasteiger charge is -2.12. The molecule has 0 aromatic heterocycles. The van der Waals surface area contributed by atoms with E-state index in [0.717, 1.165) is 11.6 Å². The van der Waals surface area contributed by atoms with Crippen molar-refractivity contribution in [2.45, 2.75) is 0 Å². The van der Waals surface area contributed by atoms with Crippen LogP contribution in [0.25, 0.3) is 11.1 Å². The Morgan fingerprint density at radius 3 is 2.36 bits per heavy atom. The molecule has 0 saturated carbocycles. The Morgan fingerprint density at radius 1 is 1.00 bits per heavy atom. The normalized spacial score (nSPS) is 9.64. The minimum Gasteiger partial charge on any atom is -0.423 e. The molecule has 4 nitrogen and oxygen atoms in total. The molecule has 0 bridgehead atoms. The molecule has 4 heteroatoms. The molecule has 2 aromatic carbocycles. The molecular weight excluding hydrogens is 278 g/mol. The number of amides is 1. The molecule has 1 N–H and O–H groups in total. The van der Waals surface area contributed by atoms with E-state index < -0.39 is 5.97 Å². The van der Waals surface area contributed by atoms with E-state index in [1.165, 1.54) is 6.08 Å². The lowest BCUT2D eigenvalue weighted by Crippen LogP contribution is -2.08. The van der Waals surface area contributed by atoms with E-state index in [1.54, 1.807) is 18.2 Å². The van der Waals surface area contributed by atoms with Crippen LogP contribution in [0.4, 0.5) is 5.69 Å². The van der Waals surface area contributed by atoms with Crippen LogP contribution < -0.4 is 10.1 Å². The fourth-order valence-electron chi connectivity index (χ4n) is 1.88. The number of ether oxygens (including phenoxy) is 1. The number of carbonyl (C=O) groups is 2. The monoisotopic (exact) mass is 293 g/mol. The largest absolute Gasteiger partial charge is 0.423 e. The number of hydrogen-bond acceptors (Lipinski definition) is 3. The van der Waals surface area contributed by atoms with Crippen LogP contribution in [0, 0.1) is 0 Å². The summed E-state index contributed by atoms with van der Waals surface area (Å²) in [7, 11) is 0. The second-order valence-corrected chi connectivity index (χ2v) is 4.40. The summed E-state index contributed by atoms with van der Waals surface area (Å²) in [5.41, 5.74) is 2.14. The number of benzene rings is 2. The minimum absolute atomic E-state index is 0.310. The van der Waals surface area contributed by atoms with Crippen molar-refractivity contribution in [2.24, 2.45) is 0 Å². The SMILES string of the molecule is C=CC(=O)Nc1ccc(OC(=O)C=C)c(-c2ccccc2)c1. The molecule has 110 valence electrons. The van der Waals surface area contributed by atoms with Gasteiger partial charge in [-0.15, -0.1) is 0 Å². The summed E-state index contributed by atoms with van der Waals surface area (Å²) in [6, 6.07) is 14.4. The second-order valence-electron chi connectivity index (χ2n) is 4.40. The van der Waals surface area contributed by atoms with Gasteiger partial charge in [0, 0.05) is 17.3 Å². The highest BCUT2D eigenvalue weighted by Gasteiger charge is 2.11. The molecular formula is C18H15NO3. The van der Waals surface area contributed by atoms with Crippen LogP contribution in [-0.4, -0.2) is 11.9 Å². The summed E-state index contributed by atoms with van der Waals surface area (Å²) in [4.78, 5) is 22.9. The average molecular weight is 293 g/mol. The van der Waals surface area contributed by atoms with Crippen molar-refractivity contribution in [1.29, 1.82) is 0 Å². The maximum atomic E-state index is 11.5. The third-order valence-electron chi connectivity index (χ3n) is 2.89. The Balaban J connectivity index is 2.45. The Bertz CT molecular complexity index is 720. The van der Waals surface area contributed by atoms with E-state index in [0.29, 0.717) is 17.0 Å². The molecule has 0 radical (unpaired) electrons. The standard InChI is InChI=1S/C18H15NO3/c1-3-17(20)19-14-10-11-16(22-18(21)4-2)15(12-14)13-8-6-5-7-9-13/h3-12H,1-2H2,(H,19,20). The summed E-state index contributed by atoms with van der Waals surface area (Å²) in [6.45, 7) is 6.80. The first-order chi connectivity index (χ1) is 10.6. The molecule has 0 aliphatic carbocycles. The Labute approximate surface area is 128 Å². The maximum Gasteiger partial charge on any atom is 0.335 e. The maximum absolute atomic E-state index is 11.5. The van der Waals surface area contributed by atoms with E-state index in [-0.39, 0.29) is 5.91 Å². The number of esters is 1. The summed E-state index contributed by atoms with van der Waals surface area (Å²) in [5, 5.41) is 2.68. The fourth-order valence-corrected chi connectivity index (χ4v) is 1.88. The molecule has 0 aliphatic heterocycles. The Morgan fingerprint density at radius 2 is 1.73 bits per heavy atom. The lowest BCUT2D eigenvalue weighted by atomic mass is 10.0. The highest BCUT2D eigenvalue weighted by atomic mass is 16.5. The molecule has 0 saturated heterocycles. The predicted octanol–water partition coefficient (Wildman–Crippen LogP) is 3.57. The highest BCUT2D eigenvalue weighted by Crippen LogP contribution is 2.32. The zero-order chi connectivity index (χ0) is 15.9. The number of carbonyl (C=O) groups excluding carboxylic acids is 2. The van der Waals surface area contributed by atoms with Crippen LogP contribution in [0.2, 0.25) is 0 Å². The molecule has 0 aliphatic rings. The van der Waals surface area contributed by atoms with Crippen molar-refractivity contribution in [2.75, 3.05) is 5.32 Å².